The summed E-state index contributed by atoms with van der Waals surface area (Å²) in [7, 11) is 0. The highest BCUT2D eigenvalue weighted by molar-refractivity contribution is 6.42. The Labute approximate surface area is 177 Å². The predicted octanol–water partition coefficient (Wildman–Crippen LogP) is 5.42. The average molecular weight is 435 g/mol. The molecule has 0 radical (unpaired) electrons. The Bertz CT molecular complexity index is 1020. The fourth-order valence-corrected chi connectivity index (χ4v) is 3.36. The lowest BCUT2D eigenvalue weighted by atomic mass is 9.92. The lowest BCUT2D eigenvalue weighted by molar-refractivity contribution is -0.132. The molecule has 5 nitrogen and oxygen atoms in total. The number of halogens is 3. The molecule has 150 valence electrons. The molecule has 0 bridgehead atoms. The van der Waals surface area contributed by atoms with Gasteiger partial charge in [0, 0.05) is 5.57 Å². The lowest BCUT2D eigenvalue weighted by Gasteiger charge is -2.15. The van der Waals surface area contributed by atoms with Gasteiger partial charge in [-0.2, -0.15) is 5.10 Å². The maximum atomic E-state index is 13.2. The standard InChI is InChI=1S/C21H17Cl2FN2O3/c1-2-19-16(20(27)26(25-19)15-6-4-14(24)5-7-15)11-13(21(28)29)9-12-3-8-17(22)18(23)10-12/h3-10,16H,2,11H2,1H3,(H,28,29)/b13-9-. The van der Waals surface area contributed by atoms with E-state index in [1.807, 2.05) is 6.92 Å². The summed E-state index contributed by atoms with van der Waals surface area (Å²) < 4.78 is 13.2. The molecule has 2 aromatic rings. The van der Waals surface area contributed by atoms with Gasteiger partial charge in [0.05, 0.1) is 27.4 Å². The molecule has 0 aliphatic carbocycles. The van der Waals surface area contributed by atoms with Crippen LogP contribution in [0.2, 0.25) is 10.0 Å². The van der Waals surface area contributed by atoms with Gasteiger partial charge in [0.15, 0.2) is 0 Å². The van der Waals surface area contributed by atoms with Crippen molar-refractivity contribution in [3.8, 4) is 0 Å². The van der Waals surface area contributed by atoms with Crippen molar-refractivity contribution < 1.29 is 19.1 Å². The largest absolute Gasteiger partial charge is 0.478 e. The molecule has 0 aromatic heterocycles. The molecule has 0 fully saturated rings. The third kappa shape index (κ3) is 4.66. The molecule has 8 heteroatoms. The zero-order valence-corrected chi connectivity index (χ0v) is 16.9. The Morgan fingerprint density at radius 1 is 1.21 bits per heavy atom. The third-order valence-electron chi connectivity index (χ3n) is 4.55. The second-order valence-corrected chi connectivity index (χ2v) is 7.29. The zero-order chi connectivity index (χ0) is 21.1. The van der Waals surface area contributed by atoms with Crippen LogP contribution in [0.15, 0.2) is 53.1 Å². The summed E-state index contributed by atoms with van der Waals surface area (Å²) in [5.74, 6) is -2.63. The van der Waals surface area contributed by atoms with Crippen molar-refractivity contribution in [3.63, 3.8) is 0 Å². The molecule has 29 heavy (non-hydrogen) atoms. The average Bonchev–Trinajstić information content (AvgIpc) is 3.00. The van der Waals surface area contributed by atoms with Crippen LogP contribution in [0.1, 0.15) is 25.3 Å². The highest BCUT2D eigenvalue weighted by Crippen LogP contribution is 2.30. The molecular formula is C21H17Cl2FN2O3. The molecule has 1 amide bonds. The molecule has 1 unspecified atom stereocenters. The van der Waals surface area contributed by atoms with Gasteiger partial charge in [-0.1, -0.05) is 36.2 Å². The number of carbonyl (C=O) groups excluding carboxylic acids is 1. The summed E-state index contributed by atoms with van der Waals surface area (Å²) in [6.07, 6.45) is 1.91. The van der Waals surface area contributed by atoms with Gasteiger partial charge in [0.1, 0.15) is 5.82 Å². The van der Waals surface area contributed by atoms with Gasteiger partial charge < -0.3 is 5.11 Å². The number of hydrazone groups is 1. The smallest absolute Gasteiger partial charge is 0.331 e. The summed E-state index contributed by atoms with van der Waals surface area (Å²) in [6, 6.07) is 10.2. The first-order chi connectivity index (χ1) is 13.8. The number of carboxylic acids is 1. The molecule has 0 saturated heterocycles. The van der Waals surface area contributed by atoms with Crippen LogP contribution in [-0.2, 0) is 9.59 Å². The first-order valence-corrected chi connectivity index (χ1v) is 9.61. The number of hydrogen-bond acceptors (Lipinski definition) is 3. The fraction of sp³-hybridized carbons (Fsp3) is 0.190. The number of carboxylic acid groups (broad SMARTS) is 1. The van der Waals surface area contributed by atoms with E-state index in [4.69, 9.17) is 23.2 Å². The molecule has 0 saturated carbocycles. The van der Waals surface area contributed by atoms with Crippen molar-refractivity contribution >= 4 is 52.6 Å². The van der Waals surface area contributed by atoms with E-state index in [0.29, 0.717) is 33.4 Å². The first-order valence-electron chi connectivity index (χ1n) is 8.86. The van der Waals surface area contributed by atoms with Crippen molar-refractivity contribution in [1.82, 2.24) is 0 Å². The molecular weight excluding hydrogens is 418 g/mol. The minimum atomic E-state index is -1.14. The number of benzene rings is 2. The van der Waals surface area contributed by atoms with Crippen LogP contribution in [0.4, 0.5) is 10.1 Å². The van der Waals surface area contributed by atoms with Crippen molar-refractivity contribution in [2.45, 2.75) is 19.8 Å². The monoisotopic (exact) mass is 434 g/mol. The Kier molecular flexibility index (Phi) is 6.35. The number of nitrogens with zero attached hydrogens (tertiary/aromatic N) is 2. The minimum absolute atomic E-state index is 0.0290. The molecule has 1 heterocycles. The number of amides is 1. The molecule has 3 rings (SSSR count). The van der Waals surface area contributed by atoms with Gasteiger partial charge in [-0.05, 0) is 60.9 Å². The number of anilines is 1. The van der Waals surface area contributed by atoms with E-state index in [1.54, 1.807) is 18.2 Å². The molecule has 0 spiro atoms. The van der Waals surface area contributed by atoms with E-state index >= 15 is 0 Å². The minimum Gasteiger partial charge on any atom is -0.478 e. The van der Waals surface area contributed by atoms with E-state index in [0.717, 1.165) is 0 Å². The third-order valence-corrected chi connectivity index (χ3v) is 5.29. The summed E-state index contributed by atoms with van der Waals surface area (Å²) in [6.45, 7) is 1.84. The van der Waals surface area contributed by atoms with Crippen LogP contribution in [0, 0.1) is 11.7 Å². The Morgan fingerprint density at radius 2 is 1.90 bits per heavy atom. The van der Waals surface area contributed by atoms with Gasteiger partial charge >= 0.3 is 5.97 Å². The van der Waals surface area contributed by atoms with Crippen LogP contribution >= 0.6 is 23.2 Å². The maximum Gasteiger partial charge on any atom is 0.331 e. The number of hydrogen-bond donors (Lipinski definition) is 1. The van der Waals surface area contributed by atoms with Crippen LogP contribution < -0.4 is 5.01 Å². The van der Waals surface area contributed by atoms with Crippen LogP contribution in [-0.4, -0.2) is 22.7 Å². The highest BCUT2D eigenvalue weighted by atomic mass is 35.5. The molecule has 1 aliphatic heterocycles. The summed E-state index contributed by atoms with van der Waals surface area (Å²) >= 11 is 11.9. The summed E-state index contributed by atoms with van der Waals surface area (Å²) in [5, 5.41) is 15.8. The molecule has 1 aliphatic rings. The SMILES string of the molecule is CCC1=NN(c2ccc(F)cc2)C(=O)C1C/C(=C/c1ccc(Cl)c(Cl)c1)C(=O)O. The molecule has 1 N–H and O–H groups in total. The van der Waals surface area contributed by atoms with Crippen LogP contribution in [0.25, 0.3) is 6.08 Å². The van der Waals surface area contributed by atoms with Crippen LogP contribution in [0.5, 0.6) is 0 Å². The quantitative estimate of drug-likeness (QED) is 0.616. The van der Waals surface area contributed by atoms with Gasteiger partial charge in [-0.25, -0.2) is 14.2 Å². The van der Waals surface area contributed by atoms with Crippen molar-refractivity contribution in [2.24, 2.45) is 11.0 Å². The van der Waals surface area contributed by atoms with Gasteiger partial charge in [0.25, 0.3) is 5.91 Å². The molecule has 2 aromatic carbocycles. The van der Waals surface area contributed by atoms with Gasteiger partial charge in [-0.3, -0.25) is 4.79 Å². The maximum absolute atomic E-state index is 13.2. The summed E-state index contributed by atoms with van der Waals surface area (Å²) in [5.41, 5.74) is 1.60. The van der Waals surface area contributed by atoms with Gasteiger partial charge in [-0.15, -0.1) is 0 Å². The van der Waals surface area contributed by atoms with Crippen LogP contribution in [0.3, 0.4) is 0 Å². The van der Waals surface area contributed by atoms with E-state index in [2.05, 4.69) is 5.10 Å². The van der Waals surface area contributed by atoms with E-state index in [-0.39, 0.29) is 17.9 Å². The van der Waals surface area contributed by atoms with Gasteiger partial charge in [0.2, 0.25) is 0 Å². The van der Waals surface area contributed by atoms with Crippen molar-refractivity contribution in [1.29, 1.82) is 0 Å². The Morgan fingerprint density at radius 3 is 2.48 bits per heavy atom. The fourth-order valence-electron chi connectivity index (χ4n) is 3.06. The topological polar surface area (TPSA) is 70.0 Å². The van der Waals surface area contributed by atoms with E-state index < -0.39 is 17.7 Å². The predicted molar refractivity (Wildman–Crippen MR) is 112 cm³/mol. The van der Waals surface area contributed by atoms with Crippen molar-refractivity contribution in [3.05, 3.63) is 69.5 Å². The lowest BCUT2D eigenvalue weighted by Crippen LogP contribution is -2.28. The highest BCUT2D eigenvalue weighted by Gasteiger charge is 2.37. The number of carbonyl (C=O) groups is 2. The zero-order valence-electron chi connectivity index (χ0n) is 15.4. The number of rotatable bonds is 6. The van der Waals surface area contributed by atoms with E-state index in [9.17, 15) is 19.1 Å². The molecule has 1 atom stereocenters. The summed E-state index contributed by atoms with van der Waals surface area (Å²) in [4.78, 5) is 24.7. The number of aliphatic carboxylic acids is 1. The second-order valence-electron chi connectivity index (χ2n) is 6.48. The Balaban J connectivity index is 1.89. The van der Waals surface area contributed by atoms with Crippen molar-refractivity contribution in [2.75, 3.05) is 5.01 Å². The second kappa shape index (κ2) is 8.76. The Hall–Kier alpha value is -2.70. The van der Waals surface area contributed by atoms with E-state index in [1.165, 1.54) is 35.4 Å². The normalized spacial score (nSPS) is 16.9. The first kappa shape index (κ1) is 21.0.